The molecule has 7 heteroatoms. The van der Waals surface area contributed by atoms with Crippen molar-refractivity contribution < 1.29 is 17.4 Å². The molecule has 0 bridgehead atoms. The van der Waals surface area contributed by atoms with Crippen molar-refractivity contribution in [2.45, 2.75) is 28.1 Å². The van der Waals surface area contributed by atoms with Crippen LogP contribution in [0, 0.1) is 6.92 Å². The number of hydrogen-bond acceptors (Lipinski definition) is 1. The van der Waals surface area contributed by atoms with Crippen LogP contribution < -0.4 is 0 Å². The van der Waals surface area contributed by atoms with E-state index in [1.165, 1.54) is 12.1 Å². The van der Waals surface area contributed by atoms with Gasteiger partial charge in [0.15, 0.2) is 0 Å². The molecule has 0 aliphatic rings. The molecule has 23 heavy (non-hydrogen) atoms. The Labute approximate surface area is 144 Å². The second-order valence-electron chi connectivity index (χ2n) is 4.98. The molecule has 0 spiro atoms. The van der Waals surface area contributed by atoms with Gasteiger partial charge in [-0.3, -0.25) is 4.21 Å². The van der Waals surface area contributed by atoms with Gasteiger partial charge in [-0.2, -0.15) is 13.2 Å². The van der Waals surface area contributed by atoms with E-state index in [2.05, 4.69) is 0 Å². The Kier molecular flexibility index (Phi) is 5.76. The van der Waals surface area contributed by atoms with Gasteiger partial charge in [0.2, 0.25) is 0 Å². The van der Waals surface area contributed by atoms with Crippen molar-refractivity contribution in [2.75, 3.05) is 0 Å². The van der Waals surface area contributed by atoms with E-state index in [9.17, 15) is 17.4 Å². The van der Waals surface area contributed by atoms with Crippen molar-refractivity contribution in [1.82, 2.24) is 0 Å². The Morgan fingerprint density at radius 1 is 0.957 bits per heavy atom. The van der Waals surface area contributed by atoms with Crippen LogP contribution in [-0.2, 0) is 17.0 Å². The molecule has 0 amide bonds. The minimum Gasteiger partial charge on any atom is -0.253 e. The molecule has 0 fully saturated rings. The number of rotatable bonds is 4. The molecular formula is C16H13Cl2F3OS. The zero-order valence-corrected chi connectivity index (χ0v) is 14.3. The predicted octanol–water partition coefficient (Wildman–Crippen LogP) is 5.67. The van der Waals surface area contributed by atoms with E-state index in [1.807, 2.05) is 6.92 Å². The lowest BCUT2D eigenvalue weighted by molar-refractivity contribution is -0.137. The molecule has 0 N–H and O–H groups in total. The highest BCUT2D eigenvalue weighted by Crippen LogP contribution is 2.35. The van der Waals surface area contributed by atoms with Gasteiger partial charge >= 0.3 is 6.18 Å². The minimum absolute atomic E-state index is 0.389. The average molecular weight is 381 g/mol. The van der Waals surface area contributed by atoms with Gasteiger partial charge in [-0.25, -0.2) is 0 Å². The molecule has 0 aromatic heterocycles. The normalized spacial score (nSPS) is 15.9. The zero-order chi connectivity index (χ0) is 17.2. The first-order valence-electron chi connectivity index (χ1n) is 6.62. The molecule has 3 atom stereocenters. The fourth-order valence-corrected chi connectivity index (χ4v) is 3.84. The van der Waals surface area contributed by atoms with Gasteiger partial charge in [-0.15, -0.1) is 23.2 Å². The molecule has 1 nitrogen and oxygen atoms in total. The third-order valence-corrected chi connectivity index (χ3v) is 6.18. The van der Waals surface area contributed by atoms with Gasteiger partial charge in [-0.05, 0) is 36.8 Å². The monoisotopic (exact) mass is 380 g/mol. The smallest absolute Gasteiger partial charge is 0.253 e. The predicted molar refractivity (Wildman–Crippen MR) is 87.3 cm³/mol. The highest BCUT2D eigenvalue weighted by atomic mass is 35.5. The van der Waals surface area contributed by atoms with E-state index in [-0.39, 0.29) is 0 Å². The molecule has 2 rings (SSSR count). The molecule has 0 saturated heterocycles. The highest BCUT2D eigenvalue weighted by Gasteiger charge is 2.31. The second kappa shape index (κ2) is 7.24. The second-order valence-corrected chi connectivity index (χ2v) is 7.76. The Morgan fingerprint density at radius 3 is 1.96 bits per heavy atom. The van der Waals surface area contributed by atoms with Gasteiger partial charge in [0.1, 0.15) is 4.71 Å². The number of halogens is 5. The number of hydrogen-bond donors (Lipinski definition) is 0. The Balaban J connectivity index is 2.17. The summed E-state index contributed by atoms with van der Waals surface area (Å²) in [5.74, 6) is 0. The molecule has 1 unspecified atom stereocenters. The topological polar surface area (TPSA) is 17.1 Å². The maximum atomic E-state index is 12.6. The van der Waals surface area contributed by atoms with Gasteiger partial charge in [0.25, 0.3) is 0 Å². The fourth-order valence-electron chi connectivity index (χ4n) is 1.92. The van der Waals surface area contributed by atoms with Crippen LogP contribution >= 0.6 is 23.2 Å². The summed E-state index contributed by atoms with van der Waals surface area (Å²) in [6.07, 6.45) is -4.41. The maximum Gasteiger partial charge on any atom is 0.416 e. The molecular weight excluding hydrogens is 368 g/mol. The van der Waals surface area contributed by atoms with Crippen molar-refractivity contribution in [2.24, 2.45) is 0 Å². The lowest BCUT2D eigenvalue weighted by Crippen LogP contribution is -2.15. The standard InChI is InChI=1S/C16H13Cl2F3OS/c1-10-2-8-13(9-3-10)23(22)15(18)14(17)11-4-6-12(7-5-11)16(19,20)21/h2-9,14-15H,1H3/t14-,15+,23?/m1/s1. The lowest BCUT2D eigenvalue weighted by atomic mass is 10.1. The van der Waals surface area contributed by atoms with Crippen molar-refractivity contribution in [3.8, 4) is 0 Å². The van der Waals surface area contributed by atoms with E-state index in [0.29, 0.717) is 10.5 Å². The van der Waals surface area contributed by atoms with Crippen LogP contribution in [0.25, 0.3) is 0 Å². The summed E-state index contributed by atoms with van der Waals surface area (Å²) in [4.78, 5) is 0.521. The highest BCUT2D eigenvalue weighted by molar-refractivity contribution is 7.87. The fraction of sp³-hybridized carbons (Fsp3) is 0.250. The first-order chi connectivity index (χ1) is 10.7. The Morgan fingerprint density at radius 2 is 1.48 bits per heavy atom. The molecule has 0 saturated carbocycles. The largest absolute Gasteiger partial charge is 0.416 e. The Bertz CT molecular complexity index is 684. The molecule has 124 valence electrons. The van der Waals surface area contributed by atoms with Crippen LogP contribution in [0.15, 0.2) is 53.4 Å². The SMILES string of the molecule is Cc1ccc(S(=O)[C@H](Cl)[C@H](Cl)c2ccc(C(F)(F)F)cc2)cc1. The summed E-state index contributed by atoms with van der Waals surface area (Å²) in [5, 5.41) is -0.874. The van der Waals surface area contributed by atoms with Gasteiger partial charge in [0, 0.05) is 4.90 Å². The van der Waals surface area contributed by atoms with E-state index in [0.717, 1.165) is 17.7 Å². The van der Waals surface area contributed by atoms with Crippen LogP contribution in [-0.4, -0.2) is 8.92 Å². The molecule has 0 heterocycles. The summed E-state index contributed by atoms with van der Waals surface area (Å²) in [6.45, 7) is 1.90. The van der Waals surface area contributed by atoms with Crippen molar-refractivity contribution in [3.63, 3.8) is 0 Å². The quantitative estimate of drug-likeness (QED) is 0.624. The number of alkyl halides is 5. The van der Waals surface area contributed by atoms with Crippen LogP contribution in [0.2, 0.25) is 0 Å². The van der Waals surface area contributed by atoms with Crippen LogP contribution in [0.3, 0.4) is 0 Å². The molecule has 0 aliphatic carbocycles. The third kappa shape index (κ3) is 4.49. The first kappa shape index (κ1) is 18.3. The van der Waals surface area contributed by atoms with Crippen molar-refractivity contribution in [1.29, 1.82) is 0 Å². The van der Waals surface area contributed by atoms with Crippen LogP contribution in [0.4, 0.5) is 13.2 Å². The maximum absolute atomic E-state index is 12.6. The molecule has 0 radical (unpaired) electrons. The van der Waals surface area contributed by atoms with Gasteiger partial charge in [-0.1, -0.05) is 29.8 Å². The molecule has 2 aromatic rings. The van der Waals surface area contributed by atoms with E-state index >= 15 is 0 Å². The lowest BCUT2D eigenvalue weighted by Gasteiger charge is -2.17. The van der Waals surface area contributed by atoms with Gasteiger partial charge in [0.05, 0.1) is 21.7 Å². The first-order valence-corrected chi connectivity index (χ1v) is 8.71. The van der Waals surface area contributed by atoms with Gasteiger partial charge < -0.3 is 0 Å². The zero-order valence-electron chi connectivity index (χ0n) is 12.0. The molecule has 0 aliphatic heterocycles. The minimum atomic E-state index is -4.41. The number of benzene rings is 2. The van der Waals surface area contributed by atoms with E-state index in [4.69, 9.17) is 23.2 Å². The van der Waals surface area contributed by atoms with E-state index < -0.39 is 32.6 Å². The summed E-state index contributed by atoms with van der Waals surface area (Å²) >= 11 is 12.4. The summed E-state index contributed by atoms with van der Waals surface area (Å²) < 4.78 is 49.1. The van der Waals surface area contributed by atoms with Crippen LogP contribution in [0.1, 0.15) is 22.1 Å². The summed E-state index contributed by atoms with van der Waals surface area (Å²) in [5.41, 5.74) is 0.637. The van der Waals surface area contributed by atoms with Crippen molar-refractivity contribution in [3.05, 3.63) is 65.2 Å². The molecule has 2 aromatic carbocycles. The Hall–Kier alpha value is -1.04. The summed E-state index contributed by atoms with van der Waals surface area (Å²) in [7, 11) is -1.58. The van der Waals surface area contributed by atoms with Crippen LogP contribution in [0.5, 0.6) is 0 Å². The average Bonchev–Trinajstić information content (AvgIpc) is 2.53. The summed E-state index contributed by atoms with van der Waals surface area (Å²) in [6, 6.07) is 11.4. The third-order valence-electron chi connectivity index (χ3n) is 3.24. The number of aryl methyl sites for hydroxylation is 1. The van der Waals surface area contributed by atoms with Crippen molar-refractivity contribution >= 4 is 34.0 Å². The van der Waals surface area contributed by atoms with E-state index in [1.54, 1.807) is 24.3 Å².